The lowest BCUT2D eigenvalue weighted by Gasteiger charge is -2.20. The molecule has 2 rings (SSSR count). The average Bonchev–Trinajstić information content (AvgIpc) is 2.43. The highest BCUT2D eigenvalue weighted by Gasteiger charge is 2.18. The Balaban J connectivity index is 2.31. The van der Waals surface area contributed by atoms with Gasteiger partial charge in [0.15, 0.2) is 0 Å². The Labute approximate surface area is 120 Å². The highest BCUT2D eigenvalue weighted by molar-refractivity contribution is 9.09. The molecule has 0 fully saturated rings. The van der Waals surface area contributed by atoms with Crippen LogP contribution in [0.25, 0.3) is 11.0 Å². The SMILES string of the molecule is CC(C)C(CBr)NC(=O)c1cccc2nccnc12. The fourth-order valence-electron chi connectivity index (χ4n) is 1.81. The topological polar surface area (TPSA) is 54.9 Å². The van der Waals surface area contributed by atoms with Crippen LogP contribution >= 0.6 is 15.9 Å². The van der Waals surface area contributed by atoms with Gasteiger partial charge in [-0.15, -0.1) is 0 Å². The molecule has 2 aromatic rings. The number of benzene rings is 1. The van der Waals surface area contributed by atoms with Crippen LogP contribution in [-0.4, -0.2) is 27.2 Å². The minimum Gasteiger partial charge on any atom is -0.348 e. The predicted molar refractivity (Wildman–Crippen MR) is 79.4 cm³/mol. The van der Waals surface area contributed by atoms with Crippen molar-refractivity contribution in [3.05, 3.63) is 36.2 Å². The van der Waals surface area contributed by atoms with E-state index >= 15 is 0 Å². The molecule has 0 aliphatic rings. The molecule has 100 valence electrons. The van der Waals surface area contributed by atoms with Crippen LogP contribution in [0.15, 0.2) is 30.6 Å². The Morgan fingerprint density at radius 3 is 2.74 bits per heavy atom. The van der Waals surface area contributed by atoms with E-state index in [1.807, 2.05) is 12.1 Å². The van der Waals surface area contributed by atoms with Crippen molar-refractivity contribution in [2.24, 2.45) is 5.92 Å². The number of hydrogen-bond acceptors (Lipinski definition) is 3. The van der Waals surface area contributed by atoms with Gasteiger partial charge in [-0.05, 0) is 18.1 Å². The zero-order chi connectivity index (χ0) is 13.8. The number of carbonyl (C=O) groups excluding carboxylic acids is 1. The summed E-state index contributed by atoms with van der Waals surface area (Å²) >= 11 is 3.42. The number of amides is 1. The molecule has 0 aliphatic carbocycles. The summed E-state index contributed by atoms with van der Waals surface area (Å²) < 4.78 is 0. The van der Waals surface area contributed by atoms with Crippen LogP contribution in [0.2, 0.25) is 0 Å². The van der Waals surface area contributed by atoms with E-state index in [1.54, 1.807) is 18.5 Å². The second kappa shape index (κ2) is 6.10. The molecule has 1 unspecified atom stereocenters. The maximum absolute atomic E-state index is 12.3. The molecule has 19 heavy (non-hydrogen) atoms. The first kappa shape index (κ1) is 13.9. The van der Waals surface area contributed by atoms with Crippen LogP contribution < -0.4 is 5.32 Å². The fourth-order valence-corrected chi connectivity index (χ4v) is 2.71. The van der Waals surface area contributed by atoms with Gasteiger partial charge in [0.05, 0.1) is 11.1 Å². The number of carbonyl (C=O) groups is 1. The van der Waals surface area contributed by atoms with Crippen LogP contribution in [0.1, 0.15) is 24.2 Å². The quantitative estimate of drug-likeness (QED) is 0.881. The van der Waals surface area contributed by atoms with Gasteiger partial charge in [-0.3, -0.25) is 14.8 Å². The molecule has 1 aromatic carbocycles. The molecule has 4 nitrogen and oxygen atoms in total. The predicted octanol–water partition coefficient (Wildman–Crippen LogP) is 2.78. The summed E-state index contributed by atoms with van der Waals surface area (Å²) in [5.41, 5.74) is 1.94. The first-order valence-corrected chi connectivity index (χ1v) is 7.32. The van der Waals surface area contributed by atoms with Crippen molar-refractivity contribution < 1.29 is 4.79 Å². The summed E-state index contributed by atoms with van der Waals surface area (Å²) in [6.07, 6.45) is 3.23. The number of aromatic nitrogens is 2. The van der Waals surface area contributed by atoms with E-state index in [9.17, 15) is 4.79 Å². The van der Waals surface area contributed by atoms with Gasteiger partial charge in [0.25, 0.3) is 5.91 Å². The lowest BCUT2D eigenvalue weighted by Crippen LogP contribution is -2.39. The third-order valence-corrected chi connectivity index (χ3v) is 3.73. The molecule has 0 bridgehead atoms. The van der Waals surface area contributed by atoms with Crippen molar-refractivity contribution in [2.75, 3.05) is 5.33 Å². The largest absolute Gasteiger partial charge is 0.348 e. The second-order valence-corrected chi connectivity index (χ2v) is 5.36. The maximum atomic E-state index is 12.3. The van der Waals surface area contributed by atoms with E-state index in [4.69, 9.17) is 0 Å². The molecule has 0 saturated carbocycles. The minimum atomic E-state index is -0.107. The van der Waals surface area contributed by atoms with Crippen LogP contribution in [0.5, 0.6) is 0 Å². The lowest BCUT2D eigenvalue weighted by atomic mass is 10.1. The normalized spacial score (nSPS) is 12.6. The summed E-state index contributed by atoms with van der Waals surface area (Å²) in [6.45, 7) is 4.16. The number of rotatable bonds is 4. The Morgan fingerprint density at radius 2 is 2.05 bits per heavy atom. The molecule has 5 heteroatoms. The van der Waals surface area contributed by atoms with Gasteiger partial charge >= 0.3 is 0 Å². The highest BCUT2D eigenvalue weighted by atomic mass is 79.9. The van der Waals surface area contributed by atoms with Crippen LogP contribution in [0.3, 0.4) is 0 Å². The lowest BCUT2D eigenvalue weighted by molar-refractivity contribution is 0.0933. The molecule has 0 aliphatic heterocycles. The van der Waals surface area contributed by atoms with Crippen molar-refractivity contribution in [1.82, 2.24) is 15.3 Å². The molecule has 1 amide bonds. The summed E-state index contributed by atoms with van der Waals surface area (Å²) in [5.74, 6) is 0.258. The van der Waals surface area contributed by atoms with Gasteiger partial charge in [-0.2, -0.15) is 0 Å². The molecule has 1 heterocycles. The third-order valence-electron chi connectivity index (χ3n) is 3.03. The molecule has 0 radical (unpaired) electrons. The van der Waals surface area contributed by atoms with E-state index in [1.165, 1.54) is 0 Å². The number of alkyl halides is 1. The van der Waals surface area contributed by atoms with E-state index in [0.717, 1.165) is 10.8 Å². The number of fused-ring (bicyclic) bond motifs is 1. The van der Waals surface area contributed by atoms with Gasteiger partial charge in [0.1, 0.15) is 5.52 Å². The average molecular weight is 322 g/mol. The standard InChI is InChI=1S/C14H16BrN3O/c1-9(2)12(8-15)18-14(19)10-4-3-5-11-13(10)17-7-6-16-11/h3-7,9,12H,8H2,1-2H3,(H,18,19). The van der Waals surface area contributed by atoms with Gasteiger partial charge in [0.2, 0.25) is 0 Å². The van der Waals surface area contributed by atoms with Crippen molar-refractivity contribution in [3.63, 3.8) is 0 Å². The molecule has 1 aromatic heterocycles. The van der Waals surface area contributed by atoms with Crippen LogP contribution in [0.4, 0.5) is 0 Å². The van der Waals surface area contributed by atoms with Gasteiger partial charge in [0, 0.05) is 23.8 Å². The van der Waals surface area contributed by atoms with Crippen LogP contribution in [-0.2, 0) is 0 Å². The number of halogens is 1. The molecular weight excluding hydrogens is 306 g/mol. The first-order valence-electron chi connectivity index (χ1n) is 6.20. The molecular formula is C14H16BrN3O. The fraction of sp³-hybridized carbons (Fsp3) is 0.357. The second-order valence-electron chi connectivity index (χ2n) is 4.71. The number of hydrogen-bond donors (Lipinski definition) is 1. The number of para-hydroxylation sites is 1. The smallest absolute Gasteiger partial charge is 0.253 e. The van der Waals surface area contributed by atoms with E-state index < -0.39 is 0 Å². The Morgan fingerprint density at radius 1 is 1.32 bits per heavy atom. The minimum absolute atomic E-state index is 0.0967. The molecule has 1 atom stereocenters. The summed E-state index contributed by atoms with van der Waals surface area (Å²) in [6, 6.07) is 5.55. The van der Waals surface area contributed by atoms with Gasteiger partial charge < -0.3 is 5.32 Å². The highest BCUT2D eigenvalue weighted by Crippen LogP contribution is 2.14. The van der Waals surface area contributed by atoms with E-state index in [2.05, 4.69) is 45.1 Å². The number of nitrogens with zero attached hydrogens (tertiary/aromatic N) is 2. The van der Waals surface area contributed by atoms with Crippen molar-refractivity contribution in [2.45, 2.75) is 19.9 Å². The summed E-state index contributed by atoms with van der Waals surface area (Å²) in [7, 11) is 0. The number of nitrogens with one attached hydrogen (secondary N) is 1. The molecule has 0 spiro atoms. The molecule has 0 saturated heterocycles. The molecule has 1 N–H and O–H groups in total. The van der Waals surface area contributed by atoms with Crippen molar-refractivity contribution >= 4 is 32.9 Å². The summed E-state index contributed by atoms with van der Waals surface area (Å²) in [5, 5.41) is 3.75. The Bertz CT molecular complexity index is 580. The zero-order valence-corrected chi connectivity index (χ0v) is 12.5. The van der Waals surface area contributed by atoms with Crippen molar-refractivity contribution in [1.29, 1.82) is 0 Å². The Hall–Kier alpha value is -1.49. The summed E-state index contributed by atoms with van der Waals surface area (Å²) in [4.78, 5) is 20.8. The maximum Gasteiger partial charge on any atom is 0.253 e. The first-order chi connectivity index (χ1) is 9.13. The van der Waals surface area contributed by atoms with E-state index in [-0.39, 0.29) is 11.9 Å². The van der Waals surface area contributed by atoms with Gasteiger partial charge in [-0.25, -0.2) is 0 Å². The Kier molecular flexibility index (Phi) is 4.47. The van der Waals surface area contributed by atoms with Crippen LogP contribution in [0, 0.1) is 5.92 Å². The third kappa shape index (κ3) is 3.10. The van der Waals surface area contributed by atoms with Crippen molar-refractivity contribution in [3.8, 4) is 0 Å². The van der Waals surface area contributed by atoms with E-state index in [0.29, 0.717) is 17.0 Å². The monoisotopic (exact) mass is 321 g/mol. The van der Waals surface area contributed by atoms with Gasteiger partial charge in [-0.1, -0.05) is 35.8 Å². The zero-order valence-electron chi connectivity index (χ0n) is 10.9.